The molecule has 1 fully saturated rings. The molecule has 0 amide bonds. The molecule has 0 bridgehead atoms. The van der Waals surface area contributed by atoms with Crippen LogP contribution in [0.2, 0.25) is 5.02 Å². The fourth-order valence-corrected chi connectivity index (χ4v) is 4.08. The summed E-state index contributed by atoms with van der Waals surface area (Å²) < 4.78 is 6.69. The largest absolute Gasteiger partial charge is 0.337 e. The highest BCUT2D eigenvalue weighted by Crippen LogP contribution is 2.56. The molecule has 0 N–H and O–H groups in total. The molecule has 6 rings (SSSR count). The van der Waals surface area contributed by atoms with Crippen LogP contribution in [-0.4, -0.2) is 36.4 Å². The molecule has 4 aromatic heterocycles. The van der Waals surface area contributed by atoms with Gasteiger partial charge in [-0.2, -0.15) is 10.1 Å². The van der Waals surface area contributed by atoms with Gasteiger partial charge in [-0.15, -0.1) is 0 Å². The molecular weight excluding hydrogens is 406 g/mol. The molecule has 1 aliphatic heterocycles. The first kappa shape index (κ1) is 17.3. The molecule has 1 saturated carbocycles. The van der Waals surface area contributed by atoms with Crippen LogP contribution in [0.1, 0.15) is 17.6 Å². The van der Waals surface area contributed by atoms with Crippen molar-refractivity contribution < 1.29 is 4.52 Å². The van der Waals surface area contributed by atoms with E-state index in [1.54, 1.807) is 36.8 Å². The minimum atomic E-state index is -0.240. The summed E-state index contributed by atoms with van der Waals surface area (Å²) in [6.45, 7) is 0.918. The van der Waals surface area contributed by atoms with Gasteiger partial charge in [0, 0.05) is 36.1 Å². The summed E-state index contributed by atoms with van der Waals surface area (Å²) in [7, 11) is 0. The van der Waals surface area contributed by atoms with Crippen LogP contribution < -0.4 is 10.5 Å². The van der Waals surface area contributed by atoms with Crippen molar-refractivity contribution in [3.8, 4) is 0 Å². The Morgan fingerprint density at radius 1 is 1.23 bits per heavy atom. The third-order valence-corrected chi connectivity index (χ3v) is 5.69. The number of fused-ring (bicyclic) bond motifs is 2. The van der Waals surface area contributed by atoms with Crippen molar-refractivity contribution in [3.63, 3.8) is 0 Å². The molecule has 1 aliphatic carbocycles. The maximum Gasteiger partial charge on any atom is 0.276 e. The van der Waals surface area contributed by atoms with E-state index >= 15 is 0 Å². The zero-order valence-corrected chi connectivity index (χ0v) is 16.3. The molecule has 30 heavy (non-hydrogen) atoms. The Labute approximate surface area is 174 Å². The van der Waals surface area contributed by atoms with Gasteiger partial charge in [0.05, 0.1) is 23.0 Å². The molecule has 10 heteroatoms. The molecule has 9 nitrogen and oxygen atoms in total. The van der Waals surface area contributed by atoms with Crippen LogP contribution in [0.15, 0.2) is 63.9 Å². The average Bonchev–Trinajstić information content (AvgIpc) is 3.10. The fraction of sp³-hybridized carbons (Fsp3) is 0.200. The SMILES string of the molecule is O=c1c2cccnc2cnn1Cc1nc([C@@H]2C3=CN(c4cc(Cl)ccn4)CC32)no1. The molecular formula is C20H14ClN7O2. The Kier molecular flexibility index (Phi) is 3.72. The minimum absolute atomic E-state index is 0.117. The molecule has 4 aromatic rings. The van der Waals surface area contributed by atoms with E-state index in [1.165, 1.54) is 10.3 Å². The van der Waals surface area contributed by atoms with Gasteiger partial charge in [-0.05, 0) is 29.8 Å². The number of nitrogens with zero attached hydrogens (tertiary/aromatic N) is 7. The van der Waals surface area contributed by atoms with E-state index in [-0.39, 0.29) is 18.0 Å². The normalized spacial score (nSPS) is 19.8. The lowest BCUT2D eigenvalue weighted by molar-refractivity contribution is 0.358. The Hall–Kier alpha value is -3.59. The molecule has 2 aliphatic rings. The van der Waals surface area contributed by atoms with Gasteiger partial charge in [-0.25, -0.2) is 9.67 Å². The number of halogens is 1. The first-order valence-electron chi connectivity index (χ1n) is 9.40. The van der Waals surface area contributed by atoms with Crippen LogP contribution in [0.4, 0.5) is 5.82 Å². The third-order valence-electron chi connectivity index (χ3n) is 5.45. The van der Waals surface area contributed by atoms with Crippen LogP contribution in [0.5, 0.6) is 0 Å². The second-order valence-electron chi connectivity index (χ2n) is 7.29. The maximum atomic E-state index is 12.6. The van der Waals surface area contributed by atoms with Crippen LogP contribution in [0.3, 0.4) is 0 Å². The Morgan fingerprint density at radius 2 is 2.17 bits per heavy atom. The van der Waals surface area contributed by atoms with E-state index in [0.717, 1.165) is 12.4 Å². The minimum Gasteiger partial charge on any atom is -0.337 e. The van der Waals surface area contributed by atoms with Gasteiger partial charge in [-0.1, -0.05) is 16.8 Å². The maximum absolute atomic E-state index is 12.6. The number of hydrogen-bond acceptors (Lipinski definition) is 8. The van der Waals surface area contributed by atoms with Gasteiger partial charge in [0.25, 0.3) is 5.56 Å². The van der Waals surface area contributed by atoms with E-state index in [1.807, 2.05) is 6.07 Å². The Bertz CT molecular complexity index is 1380. The zero-order chi connectivity index (χ0) is 20.2. The van der Waals surface area contributed by atoms with Crippen molar-refractivity contribution >= 4 is 28.3 Å². The number of rotatable bonds is 4. The van der Waals surface area contributed by atoms with Crippen molar-refractivity contribution in [3.05, 3.63) is 81.7 Å². The smallest absolute Gasteiger partial charge is 0.276 e. The summed E-state index contributed by atoms with van der Waals surface area (Å²) in [5, 5.41) is 9.44. The molecule has 0 aromatic carbocycles. The Morgan fingerprint density at radius 3 is 3.00 bits per heavy atom. The van der Waals surface area contributed by atoms with Crippen LogP contribution in [-0.2, 0) is 6.54 Å². The number of anilines is 1. The number of aromatic nitrogens is 6. The first-order chi connectivity index (χ1) is 14.7. The van der Waals surface area contributed by atoms with Gasteiger partial charge < -0.3 is 9.42 Å². The first-order valence-corrected chi connectivity index (χ1v) is 9.78. The lowest BCUT2D eigenvalue weighted by atomic mass is 10.2. The summed E-state index contributed by atoms with van der Waals surface area (Å²) >= 11 is 6.06. The molecule has 0 saturated heterocycles. The van der Waals surface area contributed by atoms with Crippen LogP contribution in [0, 0.1) is 5.92 Å². The van der Waals surface area contributed by atoms with Gasteiger partial charge >= 0.3 is 0 Å². The Balaban J connectivity index is 1.21. The molecule has 1 unspecified atom stereocenters. The summed E-state index contributed by atoms with van der Waals surface area (Å²) in [5.74, 6) is 2.29. The summed E-state index contributed by atoms with van der Waals surface area (Å²) in [6.07, 6.45) is 6.96. The predicted octanol–water partition coefficient (Wildman–Crippen LogP) is 2.39. The lowest BCUT2D eigenvalue weighted by Crippen LogP contribution is -2.23. The molecule has 5 heterocycles. The second kappa shape index (κ2) is 6.46. The van der Waals surface area contributed by atoms with E-state index in [0.29, 0.717) is 33.6 Å². The van der Waals surface area contributed by atoms with Gasteiger partial charge in [0.2, 0.25) is 5.89 Å². The van der Waals surface area contributed by atoms with Crippen molar-refractivity contribution in [1.29, 1.82) is 0 Å². The van der Waals surface area contributed by atoms with Crippen molar-refractivity contribution in [2.75, 3.05) is 11.4 Å². The second-order valence-corrected chi connectivity index (χ2v) is 7.72. The van der Waals surface area contributed by atoms with Gasteiger partial charge in [-0.3, -0.25) is 9.78 Å². The van der Waals surface area contributed by atoms with E-state index in [2.05, 4.69) is 36.3 Å². The van der Waals surface area contributed by atoms with Gasteiger partial charge in [0.1, 0.15) is 12.4 Å². The van der Waals surface area contributed by atoms with Crippen LogP contribution in [0.25, 0.3) is 10.9 Å². The van der Waals surface area contributed by atoms with Crippen LogP contribution >= 0.6 is 11.6 Å². The van der Waals surface area contributed by atoms with Crippen molar-refractivity contribution in [2.45, 2.75) is 12.5 Å². The molecule has 0 radical (unpaired) electrons. The molecule has 148 valence electrons. The molecule has 0 spiro atoms. The topological polar surface area (TPSA) is 103 Å². The number of pyridine rings is 2. The highest BCUT2D eigenvalue weighted by atomic mass is 35.5. The standard InChI is InChI=1S/C20H14ClN7O2/c21-11-3-5-23-16(6-11)27-8-13-14(9-27)18(13)19-25-17(30-26-19)10-28-20(29)12-2-1-4-22-15(12)7-24-28/h1-8,14,18H,9-10H2/t14?,18-/m1/s1. The fourth-order valence-electron chi connectivity index (χ4n) is 3.93. The third kappa shape index (κ3) is 2.78. The predicted molar refractivity (Wildman–Crippen MR) is 108 cm³/mol. The summed E-state index contributed by atoms with van der Waals surface area (Å²) in [5.41, 5.74) is 1.56. The highest BCUT2D eigenvalue weighted by Gasteiger charge is 2.52. The van der Waals surface area contributed by atoms with E-state index < -0.39 is 0 Å². The average molecular weight is 420 g/mol. The van der Waals surface area contributed by atoms with Gasteiger partial charge in [0.15, 0.2) is 5.82 Å². The summed E-state index contributed by atoms with van der Waals surface area (Å²) in [6, 6.07) is 7.04. The quantitative estimate of drug-likeness (QED) is 0.496. The monoisotopic (exact) mass is 419 g/mol. The zero-order valence-electron chi connectivity index (χ0n) is 15.5. The van der Waals surface area contributed by atoms with E-state index in [9.17, 15) is 4.79 Å². The lowest BCUT2D eigenvalue weighted by Gasteiger charge is -2.16. The highest BCUT2D eigenvalue weighted by molar-refractivity contribution is 6.30. The molecule has 2 atom stereocenters. The summed E-state index contributed by atoms with van der Waals surface area (Å²) in [4.78, 5) is 27.7. The van der Waals surface area contributed by atoms with Crippen molar-refractivity contribution in [2.24, 2.45) is 5.92 Å². The van der Waals surface area contributed by atoms with Crippen molar-refractivity contribution in [1.82, 2.24) is 29.9 Å². The number of hydrogen-bond donors (Lipinski definition) is 0. The van der Waals surface area contributed by atoms with E-state index in [4.69, 9.17) is 16.1 Å².